The van der Waals surface area contributed by atoms with Crippen molar-refractivity contribution < 1.29 is 18.6 Å². The SMILES string of the molecule is OC1CCN(C[C@@H]2OCCN(Cc3cccc(F)c3F)[C@H]2c2ccccc2)CC1. The maximum Gasteiger partial charge on any atom is 0.163 e. The molecule has 2 aliphatic rings. The summed E-state index contributed by atoms with van der Waals surface area (Å²) in [5, 5.41) is 9.79. The van der Waals surface area contributed by atoms with Gasteiger partial charge in [0.1, 0.15) is 0 Å². The Morgan fingerprint density at radius 3 is 2.48 bits per heavy atom. The van der Waals surface area contributed by atoms with Crippen molar-refractivity contribution in [3.63, 3.8) is 0 Å². The van der Waals surface area contributed by atoms with Crippen LogP contribution in [0.2, 0.25) is 0 Å². The van der Waals surface area contributed by atoms with Crippen molar-refractivity contribution in [3.8, 4) is 0 Å². The number of likely N-dealkylation sites (tertiary alicyclic amines) is 1. The molecule has 2 aromatic rings. The standard InChI is InChI=1S/C23H28F2N2O2/c24-20-8-4-7-18(22(20)25)15-27-13-14-29-21(16-26-11-9-19(28)10-12-26)23(27)17-5-2-1-3-6-17/h1-8,19,21,23,28H,9-16H2/t21-,23-/m0/s1. The minimum atomic E-state index is -0.810. The first-order valence-electron chi connectivity index (χ1n) is 10.4. The average Bonchev–Trinajstić information content (AvgIpc) is 2.74. The van der Waals surface area contributed by atoms with Gasteiger partial charge in [-0.1, -0.05) is 42.5 Å². The summed E-state index contributed by atoms with van der Waals surface area (Å²) in [4.78, 5) is 4.53. The molecule has 1 N–H and O–H groups in total. The van der Waals surface area contributed by atoms with Gasteiger partial charge in [0.05, 0.1) is 24.9 Å². The number of ether oxygens (including phenoxy) is 1. The molecular formula is C23H28F2N2O2. The third-order valence-electron chi connectivity index (χ3n) is 6.00. The molecule has 0 aliphatic carbocycles. The molecule has 0 aromatic heterocycles. The first kappa shape index (κ1) is 20.4. The van der Waals surface area contributed by atoms with E-state index < -0.39 is 11.6 Å². The van der Waals surface area contributed by atoms with Gasteiger partial charge in [0.2, 0.25) is 0 Å². The molecule has 2 atom stereocenters. The maximum atomic E-state index is 14.3. The van der Waals surface area contributed by atoms with E-state index in [-0.39, 0.29) is 18.2 Å². The monoisotopic (exact) mass is 402 g/mol. The topological polar surface area (TPSA) is 35.9 Å². The first-order valence-corrected chi connectivity index (χ1v) is 10.4. The van der Waals surface area contributed by atoms with E-state index in [0.717, 1.165) is 44.1 Å². The van der Waals surface area contributed by atoms with E-state index in [1.54, 1.807) is 12.1 Å². The largest absolute Gasteiger partial charge is 0.393 e. The molecule has 2 aliphatic heterocycles. The average molecular weight is 402 g/mol. The highest BCUT2D eigenvalue weighted by Crippen LogP contribution is 2.32. The van der Waals surface area contributed by atoms with Crippen LogP contribution in [0.1, 0.15) is 30.0 Å². The van der Waals surface area contributed by atoms with Gasteiger partial charge in [-0.3, -0.25) is 4.90 Å². The predicted molar refractivity (Wildman–Crippen MR) is 107 cm³/mol. The zero-order valence-electron chi connectivity index (χ0n) is 16.5. The molecule has 0 unspecified atom stereocenters. The molecule has 4 rings (SSSR count). The molecule has 2 aromatic carbocycles. The van der Waals surface area contributed by atoms with Gasteiger partial charge < -0.3 is 14.7 Å². The zero-order valence-corrected chi connectivity index (χ0v) is 16.5. The van der Waals surface area contributed by atoms with Crippen LogP contribution in [0.3, 0.4) is 0 Å². The maximum absolute atomic E-state index is 14.3. The van der Waals surface area contributed by atoms with Crippen LogP contribution >= 0.6 is 0 Å². The summed E-state index contributed by atoms with van der Waals surface area (Å²) in [7, 11) is 0. The minimum absolute atomic E-state index is 0.0422. The molecule has 0 radical (unpaired) electrons. The fourth-order valence-corrected chi connectivity index (χ4v) is 4.44. The van der Waals surface area contributed by atoms with E-state index in [1.807, 2.05) is 18.2 Å². The summed E-state index contributed by atoms with van der Waals surface area (Å²) < 4.78 is 34.2. The lowest BCUT2D eigenvalue weighted by molar-refractivity contribution is -0.0917. The third-order valence-corrected chi connectivity index (χ3v) is 6.00. The molecule has 0 spiro atoms. The van der Waals surface area contributed by atoms with Gasteiger partial charge in [0.25, 0.3) is 0 Å². The lowest BCUT2D eigenvalue weighted by atomic mass is 9.96. The highest BCUT2D eigenvalue weighted by atomic mass is 19.2. The molecule has 2 heterocycles. The normalized spacial score (nSPS) is 24.7. The number of hydrogen-bond donors (Lipinski definition) is 1. The highest BCUT2D eigenvalue weighted by molar-refractivity contribution is 5.23. The Balaban J connectivity index is 1.57. The molecule has 2 saturated heterocycles. The smallest absolute Gasteiger partial charge is 0.163 e. The second kappa shape index (κ2) is 9.30. The van der Waals surface area contributed by atoms with E-state index in [4.69, 9.17) is 4.74 Å². The number of piperidine rings is 1. The van der Waals surface area contributed by atoms with Crippen molar-refractivity contribution in [2.45, 2.75) is 37.6 Å². The Bertz CT molecular complexity index is 797. The molecular weight excluding hydrogens is 374 g/mol. The predicted octanol–water partition coefficient (Wildman–Crippen LogP) is 3.36. The molecule has 2 fully saturated rings. The second-order valence-electron chi connectivity index (χ2n) is 7.98. The van der Waals surface area contributed by atoms with Gasteiger partial charge >= 0.3 is 0 Å². The minimum Gasteiger partial charge on any atom is -0.393 e. The molecule has 156 valence electrons. The van der Waals surface area contributed by atoms with Crippen LogP contribution < -0.4 is 0 Å². The van der Waals surface area contributed by atoms with Crippen LogP contribution in [0.15, 0.2) is 48.5 Å². The summed E-state index contributed by atoms with van der Waals surface area (Å²) in [5.41, 5.74) is 1.48. The third kappa shape index (κ3) is 4.83. The summed E-state index contributed by atoms with van der Waals surface area (Å²) in [5.74, 6) is -1.58. The number of morpholine rings is 1. The van der Waals surface area contributed by atoms with Crippen LogP contribution in [0.5, 0.6) is 0 Å². The van der Waals surface area contributed by atoms with E-state index in [1.165, 1.54) is 0 Å². The molecule has 0 amide bonds. The fourth-order valence-electron chi connectivity index (χ4n) is 4.44. The van der Waals surface area contributed by atoms with Gasteiger partial charge in [-0.15, -0.1) is 0 Å². The first-order chi connectivity index (χ1) is 14.1. The Labute approximate surface area is 170 Å². The summed E-state index contributed by atoms with van der Waals surface area (Å²) in [6.45, 7) is 4.00. The van der Waals surface area contributed by atoms with Crippen molar-refractivity contribution in [3.05, 3.63) is 71.3 Å². The molecule has 6 heteroatoms. The van der Waals surface area contributed by atoms with Gasteiger partial charge in [-0.05, 0) is 24.5 Å². The van der Waals surface area contributed by atoms with Crippen molar-refractivity contribution in [2.24, 2.45) is 0 Å². The number of rotatable bonds is 5. The summed E-state index contributed by atoms with van der Waals surface area (Å²) in [6, 6.07) is 14.4. The van der Waals surface area contributed by atoms with Crippen molar-refractivity contribution >= 4 is 0 Å². The fraction of sp³-hybridized carbons (Fsp3) is 0.478. The van der Waals surface area contributed by atoms with Gasteiger partial charge in [0.15, 0.2) is 11.6 Å². The number of halogens is 2. The lowest BCUT2D eigenvalue weighted by Crippen LogP contribution is -2.51. The Morgan fingerprint density at radius 2 is 1.72 bits per heavy atom. The second-order valence-corrected chi connectivity index (χ2v) is 7.98. The molecule has 4 nitrogen and oxygen atoms in total. The number of benzene rings is 2. The Kier molecular flexibility index (Phi) is 6.55. The van der Waals surface area contributed by atoms with Crippen molar-refractivity contribution in [1.29, 1.82) is 0 Å². The quantitative estimate of drug-likeness (QED) is 0.832. The Hall–Kier alpha value is -1.86. The van der Waals surface area contributed by atoms with E-state index in [0.29, 0.717) is 25.3 Å². The van der Waals surface area contributed by atoms with E-state index >= 15 is 0 Å². The van der Waals surface area contributed by atoms with E-state index in [2.05, 4.69) is 21.9 Å². The summed E-state index contributed by atoms with van der Waals surface area (Å²) >= 11 is 0. The van der Waals surface area contributed by atoms with Crippen LogP contribution in [-0.2, 0) is 11.3 Å². The van der Waals surface area contributed by atoms with Crippen molar-refractivity contribution in [1.82, 2.24) is 9.80 Å². The number of hydrogen-bond acceptors (Lipinski definition) is 4. The van der Waals surface area contributed by atoms with Gasteiger partial charge in [-0.25, -0.2) is 8.78 Å². The summed E-state index contributed by atoms with van der Waals surface area (Å²) in [6.07, 6.45) is 1.27. The van der Waals surface area contributed by atoms with Crippen LogP contribution in [0.4, 0.5) is 8.78 Å². The lowest BCUT2D eigenvalue weighted by Gasteiger charge is -2.44. The molecule has 29 heavy (non-hydrogen) atoms. The zero-order chi connectivity index (χ0) is 20.2. The Morgan fingerprint density at radius 1 is 0.966 bits per heavy atom. The molecule has 0 saturated carbocycles. The van der Waals surface area contributed by atoms with Gasteiger partial charge in [-0.2, -0.15) is 0 Å². The number of aliphatic hydroxyl groups excluding tert-OH is 1. The highest BCUT2D eigenvalue weighted by Gasteiger charge is 2.35. The van der Waals surface area contributed by atoms with Gasteiger partial charge in [0, 0.05) is 38.3 Å². The van der Waals surface area contributed by atoms with Crippen LogP contribution in [0.25, 0.3) is 0 Å². The number of aliphatic hydroxyl groups is 1. The van der Waals surface area contributed by atoms with Crippen molar-refractivity contribution in [2.75, 3.05) is 32.8 Å². The van der Waals surface area contributed by atoms with E-state index in [9.17, 15) is 13.9 Å². The van der Waals surface area contributed by atoms with Crippen LogP contribution in [-0.4, -0.2) is 59.9 Å². The number of nitrogens with zero attached hydrogens (tertiary/aromatic N) is 2. The molecule has 0 bridgehead atoms. The van der Waals surface area contributed by atoms with Crippen LogP contribution in [0, 0.1) is 11.6 Å².